The van der Waals surface area contributed by atoms with Crippen molar-refractivity contribution in [1.29, 1.82) is 0 Å². The molecule has 2 heterocycles. The van der Waals surface area contributed by atoms with Gasteiger partial charge in [0.2, 0.25) is 5.91 Å². The Morgan fingerprint density at radius 1 is 1.45 bits per heavy atom. The largest absolute Gasteiger partial charge is 0.350 e. The molecule has 0 radical (unpaired) electrons. The first kappa shape index (κ1) is 14.6. The molecule has 0 bridgehead atoms. The molecule has 0 aliphatic heterocycles. The van der Waals surface area contributed by atoms with Crippen molar-refractivity contribution in [3.05, 3.63) is 28.2 Å². The minimum Gasteiger partial charge on any atom is -0.350 e. The molecule has 2 aromatic rings. The van der Waals surface area contributed by atoms with Crippen LogP contribution in [0.25, 0.3) is 0 Å². The molecule has 0 aliphatic carbocycles. The number of hydrogen-bond donors (Lipinski definition) is 1. The molecule has 1 amide bonds. The summed E-state index contributed by atoms with van der Waals surface area (Å²) in [7, 11) is 1.87. The van der Waals surface area contributed by atoms with Crippen molar-refractivity contribution in [2.24, 2.45) is 7.05 Å². The molecular formula is C13H19N5OS. The highest BCUT2D eigenvalue weighted by Gasteiger charge is 2.07. The van der Waals surface area contributed by atoms with Gasteiger partial charge in [0.1, 0.15) is 12.2 Å². The van der Waals surface area contributed by atoms with Gasteiger partial charge in [-0.2, -0.15) is 0 Å². The maximum absolute atomic E-state index is 11.8. The molecule has 0 aliphatic rings. The second-order valence-corrected chi connectivity index (χ2v) is 5.56. The van der Waals surface area contributed by atoms with Crippen molar-refractivity contribution in [2.45, 2.75) is 39.2 Å². The normalized spacial score (nSPS) is 10.7. The molecule has 0 saturated heterocycles. The number of nitrogens with one attached hydrogen (secondary N) is 1. The van der Waals surface area contributed by atoms with E-state index in [1.54, 1.807) is 17.7 Å². The number of hydrogen-bond acceptors (Lipinski definition) is 5. The maximum Gasteiger partial charge on any atom is 0.220 e. The molecule has 20 heavy (non-hydrogen) atoms. The monoisotopic (exact) mass is 293 g/mol. The number of rotatable bonds is 7. The molecule has 0 unspecified atom stereocenters. The molecular weight excluding hydrogens is 274 g/mol. The third-order valence-electron chi connectivity index (χ3n) is 2.91. The van der Waals surface area contributed by atoms with Gasteiger partial charge in [-0.15, -0.1) is 21.5 Å². The molecule has 2 aromatic heterocycles. The standard InChI is InChI=1S/C13H19N5OS/c1-3-4-13-16-10(8-20-13)7-14-12(19)6-5-11-17-15-9-18(11)2/h8-9H,3-7H2,1-2H3,(H,14,19). The SMILES string of the molecule is CCCc1nc(CNC(=O)CCc2nncn2C)cs1. The van der Waals surface area contributed by atoms with Crippen molar-refractivity contribution in [3.63, 3.8) is 0 Å². The van der Waals surface area contributed by atoms with E-state index in [1.165, 1.54) is 0 Å². The molecule has 0 saturated carbocycles. The van der Waals surface area contributed by atoms with Gasteiger partial charge in [0.05, 0.1) is 17.2 Å². The van der Waals surface area contributed by atoms with Crippen molar-refractivity contribution >= 4 is 17.2 Å². The lowest BCUT2D eigenvalue weighted by atomic mass is 10.3. The molecule has 0 fully saturated rings. The van der Waals surface area contributed by atoms with Gasteiger partial charge in [0, 0.05) is 25.3 Å². The highest BCUT2D eigenvalue weighted by Crippen LogP contribution is 2.11. The van der Waals surface area contributed by atoms with E-state index in [9.17, 15) is 4.79 Å². The summed E-state index contributed by atoms with van der Waals surface area (Å²) in [5.41, 5.74) is 0.936. The average molecular weight is 293 g/mol. The summed E-state index contributed by atoms with van der Waals surface area (Å²) in [6.45, 7) is 2.63. The van der Waals surface area contributed by atoms with Crippen molar-refractivity contribution in [1.82, 2.24) is 25.1 Å². The fourth-order valence-electron chi connectivity index (χ4n) is 1.80. The van der Waals surface area contributed by atoms with Crippen LogP contribution in [0.2, 0.25) is 0 Å². The first-order valence-corrected chi connectivity index (χ1v) is 7.60. The zero-order chi connectivity index (χ0) is 14.4. The molecule has 0 atom stereocenters. The molecule has 0 spiro atoms. The Labute approximate surface area is 122 Å². The number of amides is 1. The van der Waals surface area contributed by atoms with Crippen molar-refractivity contribution in [2.75, 3.05) is 0 Å². The van der Waals surface area contributed by atoms with Crippen LogP contribution < -0.4 is 5.32 Å². The van der Waals surface area contributed by atoms with Crippen LogP contribution in [0.5, 0.6) is 0 Å². The summed E-state index contributed by atoms with van der Waals surface area (Å²) in [4.78, 5) is 16.2. The second-order valence-electron chi connectivity index (χ2n) is 4.62. The van der Waals surface area contributed by atoms with Crippen molar-refractivity contribution in [3.8, 4) is 0 Å². The Kier molecular flexibility index (Phi) is 5.23. The number of carbonyl (C=O) groups excluding carboxylic acids is 1. The number of nitrogens with zero attached hydrogens (tertiary/aromatic N) is 4. The summed E-state index contributed by atoms with van der Waals surface area (Å²) < 4.78 is 1.82. The number of thiazole rings is 1. The summed E-state index contributed by atoms with van der Waals surface area (Å²) >= 11 is 1.66. The summed E-state index contributed by atoms with van der Waals surface area (Å²) in [5.74, 6) is 0.831. The van der Waals surface area contributed by atoms with Gasteiger partial charge in [0.15, 0.2) is 0 Å². The maximum atomic E-state index is 11.8. The number of aromatic nitrogens is 4. The van der Waals surface area contributed by atoms with Gasteiger partial charge in [-0.05, 0) is 12.8 Å². The van der Waals surface area contributed by atoms with E-state index in [4.69, 9.17) is 0 Å². The predicted octanol–water partition coefficient (Wildman–Crippen LogP) is 1.47. The Morgan fingerprint density at radius 2 is 2.30 bits per heavy atom. The molecule has 0 aromatic carbocycles. The first-order valence-electron chi connectivity index (χ1n) is 6.72. The third kappa shape index (κ3) is 4.12. The Bertz CT molecular complexity index is 563. The highest BCUT2D eigenvalue weighted by molar-refractivity contribution is 7.09. The van der Waals surface area contributed by atoms with E-state index in [0.29, 0.717) is 19.4 Å². The fourth-order valence-corrected chi connectivity index (χ4v) is 2.70. The highest BCUT2D eigenvalue weighted by atomic mass is 32.1. The third-order valence-corrected chi connectivity index (χ3v) is 3.87. The van der Waals surface area contributed by atoms with E-state index in [0.717, 1.165) is 29.4 Å². The minimum absolute atomic E-state index is 0.0121. The second kappa shape index (κ2) is 7.14. The van der Waals surface area contributed by atoms with Gasteiger partial charge in [-0.3, -0.25) is 4.79 Å². The first-order chi connectivity index (χ1) is 9.69. The van der Waals surface area contributed by atoms with Gasteiger partial charge in [-0.25, -0.2) is 4.98 Å². The molecule has 7 heteroatoms. The Hall–Kier alpha value is -1.76. The van der Waals surface area contributed by atoms with Crippen molar-refractivity contribution < 1.29 is 4.79 Å². The van der Waals surface area contributed by atoms with E-state index < -0.39 is 0 Å². The summed E-state index contributed by atoms with van der Waals surface area (Å²) in [6, 6.07) is 0. The topological polar surface area (TPSA) is 72.7 Å². The fraction of sp³-hybridized carbons (Fsp3) is 0.538. The van der Waals surface area contributed by atoms with Crippen LogP contribution in [0, 0.1) is 0 Å². The Balaban J connectivity index is 1.73. The van der Waals surface area contributed by atoms with Crippen LogP contribution in [0.4, 0.5) is 0 Å². The van der Waals surface area contributed by atoms with Crippen LogP contribution in [0.1, 0.15) is 36.3 Å². The number of aryl methyl sites for hydroxylation is 3. The molecule has 6 nitrogen and oxygen atoms in total. The van der Waals surface area contributed by atoms with E-state index in [1.807, 2.05) is 17.0 Å². The number of carbonyl (C=O) groups is 1. The van der Waals surface area contributed by atoms with E-state index >= 15 is 0 Å². The zero-order valence-electron chi connectivity index (χ0n) is 11.8. The van der Waals surface area contributed by atoms with Crippen LogP contribution in [0.15, 0.2) is 11.7 Å². The molecule has 1 N–H and O–H groups in total. The van der Waals surface area contributed by atoms with Gasteiger partial charge >= 0.3 is 0 Å². The van der Waals surface area contributed by atoms with Gasteiger partial charge in [-0.1, -0.05) is 6.92 Å². The summed E-state index contributed by atoms with van der Waals surface area (Å²) in [6.07, 6.45) is 4.75. The quantitative estimate of drug-likeness (QED) is 0.839. The van der Waals surface area contributed by atoms with Crippen LogP contribution in [-0.2, 0) is 31.2 Å². The molecule has 2 rings (SSSR count). The van der Waals surface area contributed by atoms with Gasteiger partial charge < -0.3 is 9.88 Å². The smallest absolute Gasteiger partial charge is 0.220 e. The lowest BCUT2D eigenvalue weighted by Crippen LogP contribution is -2.23. The average Bonchev–Trinajstić information content (AvgIpc) is 3.04. The van der Waals surface area contributed by atoms with E-state index in [-0.39, 0.29) is 5.91 Å². The molecule has 108 valence electrons. The van der Waals surface area contributed by atoms with E-state index in [2.05, 4.69) is 27.4 Å². The van der Waals surface area contributed by atoms with Gasteiger partial charge in [0.25, 0.3) is 0 Å². The van der Waals surface area contributed by atoms with Crippen LogP contribution >= 0.6 is 11.3 Å². The lowest BCUT2D eigenvalue weighted by Gasteiger charge is -2.03. The lowest BCUT2D eigenvalue weighted by molar-refractivity contribution is -0.121. The zero-order valence-corrected chi connectivity index (χ0v) is 12.6. The minimum atomic E-state index is 0.0121. The van der Waals surface area contributed by atoms with Crippen LogP contribution in [-0.4, -0.2) is 25.7 Å². The van der Waals surface area contributed by atoms with Crippen LogP contribution in [0.3, 0.4) is 0 Å². The summed E-state index contributed by atoms with van der Waals surface area (Å²) in [5, 5.41) is 13.8. The predicted molar refractivity (Wildman–Crippen MR) is 77.3 cm³/mol. The Morgan fingerprint density at radius 3 is 3.00 bits per heavy atom.